The fourth-order valence-electron chi connectivity index (χ4n) is 0.471. The quantitative estimate of drug-likeness (QED) is 0.437. The van der Waals surface area contributed by atoms with E-state index in [1.165, 1.54) is 11.2 Å². The summed E-state index contributed by atoms with van der Waals surface area (Å²) in [6, 6.07) is 0. The number of aliphatic imine (C=N–C) groups is 1. The molecule has 0 atom stereocenters. The summed E-state index contributed by atoms with van der Waals surface area (Å²) in [5.74, 6) is 0. The van der Waals surface area contributed by atoms with Crippen LogP contribution in [0.1, 0.15) is 0 Å². The molecule has 1 amide bonds. The molecule has 1 rings (SSSR count). The summed E-state index contributed by atoms with van der Waals surface area (Å²) in [6.07, 6.45) is 5.72. The number of amides is 1. The minimum absolute atomic E-state index is 0.646. The Morgan fingerprint density at radius 3 is 3.00 bits per heavy atom. The van der Waals surface area contributed by atoms with Gasteiger partial charge in [-0.05, 0) is 6.08 Å². The maximum absolute atomic E-state index is 9.96. The van der Waals surface area contributed by atoms with Gasteiger partial charge < -0.3 is 4.90 Å². The number of hydrogen-bond donors (Lipinski definition) is 0. The molecule has 0 aromatic heterocycles. The van der Waals surface area contributed by atoms with Crippen LogP contribution in [0.25, 0.3) is 0 Å². The van der Waals surface area contributed by atoms with Crippen molar-refractivity contribution in [1.29, 1.82) is 0 Å². The fraction of sp³-hybridized carbons (Fsp3) is 0.200. The number of carbonyl (C=O) groups excluding carboxylic acids is 1. The Morgan fingerprint density at radius 2 is 2.62 bits per heavy atom. The van der Waals surface area contributed by atoms with Crippen LogP contribution in [-0.4, -0.2) is 24.2 Å². The van der Waals surface area contributed by atoms with Crippen LogP contribution < -0.4 is 0 Å². The predicted octanol–water partition coefficient (Wildman–Crippen LogP) is 0.000400. The van der Waals surface area contributed by atoms with Gasteiger partial charge in [-0.25, -0.2) is 4.99 Å². The van der Waals surface area contributed by atoms with Crippen molar-refractivity contribution in [2.75, 3.05) is 6.54 Å². The molecule has 1 heterocycles. The zero-order valence-electron chi connectivity index (χ0n) is 4.32. The molecule has 42 valence electrons. The standard InChI is InChI=1S/C5H6N2O/c8-5-7-3-1-2-6-4-7/h1-2,4-5H,3H2. The third kappa shape index (κ3) is 0.932. The predicted molar refractivity (Wildman–Crippen MR) is 30.4 cm³/mol. The zero-order chi connectivity index (χ0) is 5.82. The van der Waals surface area contributed by atoms with Crippen molar-refractivity contribution in [3.8, 4) is 0 Å². The fourth-order valence-corrected chi connectivity index (χ4v) is 0.471. The van der Waals surface area contributed by atoms with Crippen LogP contribution in [0.4, 0.5) is 0 Å². The van der Waals surface area contributed by atoms with Gasteiger partial charge >= 0.3 is 0 Å². The highest BCUT2D eigenvalue weighted by atomic mass is 16.1. The van der Waals surface area contributed by atoms with Crippen molar-refractivity contribution >= 4 is 12.7 Å². The third-order valence-electron chi connectivity index (χ3n) is 0.858. The van der Waals surface area contributed by atoms with Crippen LogP contribution >= 0.6 is 0 Å². The molecule has 1 aliphatic heterocycles. The van der Waals surface area contributed by atoms with Crippen molar-refractivity contribution in [2.24, 2.45) is 4.99 Å². The lowest BCUT2D eigenvalue weighted by atomic mass is 10.5. The minimum atomic E-state index is 0.646. The molecule has 3 nitrogen and oxygen atoms in total. The normalized spacial score (nSPS) is 16.8. The first-order chi connectivity index (χ1) is 3.93. The molecule has 0 N–H and O–H groups in total. The van der Waals surface area contributed by atoms with Crippen molar-refractivity contribution in [1.82, 2.24) is 4.90 Å². The lowest BCUT2D eigenvalue weighted by Crippen LogP contribution is -2.21. The van der Waals surface area contributed by atoms with E-state index in [2.05, 4.69) is 4.99 Å². The second-order valence-electron chi connectivity index (χ2n) is 1.45. The molecule has 0 bridgehead atoms. The average Bonchev–Trinajstić information content (AvgIpc) is 1.90. The Hall–Kier alpha value is -1.12. The maximum atomic E-state index is 9.96. The van der Waals surface area contributed by atoms with Crippen LogP contribution in [0.2, 0.25) is 0 Å². The summed E-state index contributed by atoms with van der Waals surface area (Å²) in [4.78, 5) is 15.1. The lowest BCUT2D eigenvalue weighted by molar-refractivity contribution is -0.114. The van der Waals surface area contributed by atoms with Gasteiger partial charge in [-0.1, -0.05) is 0 Å². The second kappa shape index (κ2) is 2.26. The van der Waals surface area contributed by atoms with Gasteiger partial charge in [0.25, 0.3) is 0 Å². The van der Waals surface area contributed by atoms with E-state index in [0.29, 0.717) is 6.54 Å². The van der Waals surface area contributed by atoms with E-state index in [1.807, 2.05) is 6.08 Å². The van der Waals surface area contributed by atoms with E-state index in [0.717, 1.165) is 6.41 Å². The van der Waals surface area contributed by atoms with Gasteiger partial charge in [-0.15, -0.1) is 0 Å². The molecular weight excluding hydrogens is 104 g/mol. The van der Waals surface area contributed by atoms with Gasteiger partial charge in [0.2, 0.25) is 6.41 Å². The molecule has 0 saturated carbocycles. The monoisotopic (exact) mass is 110 g/mol. The van der Waals surface area contributed by atoms with Crippen LogP contribution in [0.3, 0.4) is 0 Å². The van der Waals surface area contributed by atoms with E-state index in [9.17, 15) is 4.79 Å². The van der Waals surface area contributed by atoms with E-state index in [1.54, 1.807) is 6.20 Å². The van der Waals surface area contributed by atoms with Crippen molar-refractivity contribution in [3.05, 3.63) is 12.3 Å². The molecule has 0 aromatic carbocycles. The van der Waals surface area contributed by atoms with Gasteiger partial charge in [0.1, 0.15) is 0 Å². The van der Waals surface area contributed by atoms with Crippen LogP contribution in [-0.2, 0) is 4.79 Å². The molecule has 0 radical (unpaired) electrons. The van der Waals surface area contributed by atoms with E-state index < -0.39 is 0 Å². The van der Waals surface area contributed by atoms with Crippen molar-refractivity contribution in [2.45, 2.75) is 0 Å². The van der Waals surface area contributed by atoms with E-state index in [4.69, 9.17) is 0 Å². The first kappa shape index (κ1) is 5.03. The van der Waals surface area contributed by atoms with Crippen LogP contribution in [0.5, 0.6) is 0 Å². The molecule has 0 fully saturated rings. The highest BCUT2D eigenvalue weighted by Crippen LogP contribution is 1.86. The molecule has 1 aliphatic rings. The molecule has 8 heavy (non-hydrogen) atoms. The highest BCUT2D eigenvalue weighted by Gasteiger charge is 1.93. The molecule has 0 spiro atoms. The summed E-state index contributed by atoms with van der Waals surface area (Å²) in [7, 11) is 0. The Balaban J connectivity index is 2.51. The van der Waals surface area contributed by atoms with Crippen LogP contribution in [0, 0.1) is 0 Å². The molecule has 0 aromatic rings. The smallest absolute Gasteiger partial charge is 0.215 e. The van der Waals surface area contributed by atoms with Crippen LogP contribution in [0.15, 0.2) is 17.3 Å². The van der Waals surface area contributed by atoms with Crippen molar-refractivity contribution in [3.63, 3.8) is 0 Å². The summed E-state index contributed by atoms with van der Waals surface area (Å²) < 4.78 is 0. The van der Waals surface area contributed by atoms with Gasteiger partial charge in [-0.2, -0.15) is 0 Å². The summed E-state index contributed by atoms with van der Waals surface area (Å²) in [5, 5.41) is 0. The lowest BCUT2D eigenvalue weighted by Gasteiger charge is -2.08. The first-order valence-corrected chi connectivity index (χ1v) is 2.33. The largest absolute Gasteiger partial charge is 0.302 e. The molecule has 0 unspecified atom stereocenters. The van der Waals surface area contributed by atoms with E-state index in [-0.39, 0.29) is 0 Å². The molecule has 3 heteroatoms. The van der Waals surface area contributed by atoms with Gasteiger partial charge in [0, 0.05) is 12.7 Å². The Bertz CT molecular complexity index is 139. The maximum Gasteiger partial charge on any atom is 0.215 e. The number of rotatable bonds is 1. The molecular formula is C5H6N2O. The first-order valence-electron chi connectivity index (χ1n) is 2.33. The zero-order valence-corrected chi connectivity index (χ0v) is 4.32. The summed E-state index contributed by atoms with van der Waals surface area (Å²) >= 11 is 0. The number of nitrogens with zero attached hydrogens (tertiary/aromatic N) is 2. The Labute approximate surface area is 47.3 Å². The SMILES string of the molecule is O=CN1C=NC=CC1. The number of hydrogen-bond acceptors (Lipinski definition) is 2. The topological polar surface area (TPSA) is 32.7 Å². The number of carbonyl (C=O) groups is 1. The minimum Gasteiger partial charge on any atom is -0.302 e. The Morgan fingerprint density at radius 1 is 1.75 bits per heavy atom. The highest BCUT2D eigenvalue weighted by molar-refractivity contribution is 5.73. The third-order valence-corrected chi connectivity index (χ3v) is 0.858. The molecule has 0 saturated heterocycles. The van der Waals surface area contributed by atoms with Gasteiger partial charge in [-0.3, -0.25) is 4.79 Å². The summed E-state index contributed by atoms with van der Waals surface area (Å²) in [6.45, 7) is 0.646. The summed E-state index contributed by atoms with van der Waals surface area (Å²) in [5.41, 5.74) is 0. The van der Waals surface area contributed by atoms with Crippen molar-refractivity contribution < 1.29 is 4.79 Å². The van der Waals surface area contributed by atoms with Gasteiger partial charge in [0.05, 0.1) is 6.34 Å². The van der Waals surface area contributed by atoms with Gasteiger partial charge in [0.15, 0.2) is 0 Å². The Kier molecular flexibility index (Phi) is 1.42. The molecule has 0 aliphatic carbocycles. The second-order valence-corrected chi connectivity index (χ2v) is 1.45. The van der Waals surface area contributed by atoms with E-state index >= 15 is 0 Å². The average molecular weight is 110 g/mol.